The van der Waals surface area contributed by atoms with E-state index < -0.39 is 14.9 Å². The molecule has 1 atom stereocenters. The minimum atomic E-state index is -4.54. The monoisotopic (exact) mass is 765 g/mol. The summed E-state index contributed by atoms with van der Waals surface area (Å²) >= 11 is 0. The number of unbranched alkanes of at least 4 members (excludes halogenated alkanes) is 27. The van der Waals surface area contributed by atoms with Crippen LogP contribution < -0.4 is 11.5 Å². The molecule has 1 unspecified atom stereocenters. The predicted octanol–water partition coefficient (Wildman–Crippen LogP) is 14.3. The van der Waals surface area contributed by atoms with E-state index in [1.165, 1.54) is 154 Å². The molecule has 0 aromatic heterocycles. The molecule has 0 aliphatic heterocycles. The minimum absolute atomic E-state index is 0. The van der Waals surface area contributed by atoms with Gasteiger partial charge in [0.05, 0.1) is 4.75 Å². The van der Waals surface area contributed by atoms with Crippen molar-refractivity contribution in [3.05, 3.63) is 34.9 Å². The summed E-state index contributed by atoms with van der Waals surface area (Å²) in [4.78, 5) is 12.4. The van der Waals surface area contributed by atoms with Crippen molar-refractivity contribution in [2.75, 3.05) is 6.54 Å². The first-order valence-electron chi connectivity index (χ1n) is 22.5. The van der Waals surface area contributed by atoms with Gasteiger partial charge in [0.25, 0.3) is 0 Å². The van der Waals surface area contributed by atoms with Crippen molar-refractivity contribution in [3.8, 4) is 0 Å². The molecule has 1 aromatic carbocycles. The first-order chi connectivity index (χ1) is 25.2. The van der Waals surface area contributed by atoms with Gasteiger partial charge in [-0.05, 0) is 56.2 Å². The van der Waals surface area contributed by atoms with Crippen molar-refractivity contribution in [3.63, 3.8) is 0 Å². The van der Waals surface area contributed by atoms with Crippen molar-refractivity contribution in [1.82, 2.24) is 11.5 Å². The molecule has 0 bridgehead atoms. The fraction of sp³-hybridized carbons (Fsp3) is 0.848. The minimum Gasteiger partial charge on any atom is -0.747 e. The van der Waals surface area contributed by atoms with Gasteiger partial charge in [-0.15, -0.1) is 0 Å². The Morgan fingerprint density at radius 2 is 0.981 bits per heavy atom. The Hall–Kier alpha value is -1.44. The molecule has 0 saturated heterocycles. The maximum Gasteiger partial charge on any atom is 0.219 e. The fourth-order valence-electron chi connectivity index (χ4n) is 7.83. The van der Waals surface area contributed by atoms with Crippen molar-refractivity contribution < 1.29 is 17.8 Å². The molecule has 1 amide bonds. The molecule has 0 aliphatic rings. The Morgan fingerprint density at radius 3 is 1.38 bits per heavy atom. The van der Waals surface area contributed by atoms with Crippen LogP contribution >= 0.6 is 0 Å². The number of amides is 1. The first-order valence-corrected chi connectivity index (χ1v) is 23.9. The SMILES string of the molecule is CCCCCCCCCCCCCCCCCC(=O)NCCCc1cccc(C(C)(CCCCCCCCCCCCCCCC)S(=O)(=O)[O-])c1C.[NH4+]. The number of hydrogen-bond acceptors (Lipinski definition) is 4. The van der Waals surface area contributed by atoms with Gasteiger partial charge in [0, 0.05) is 13.0 Å². The summed E-state index contributed by atoms with van der Waals surface area (Å²) in [5.41, 5.74) is 2.61. The van der Waals surface area contributed by atoms with E-state index in [9.17, 15) is 17.8 Å². The van der Waals surface area contributed by atoms with Gasteiger partial charge in [0.15, 0.2) is 0 Å². The number of rotatable bonds is 37. The Kier molecular flexibility index (Phi) is 32.9. The maximum atomic E-state index is 12.7. The van der Waals surface area contributed by atoms with Crippen LogP contribution in [0.15, 0.2) is 18.2 Å². The summed E-state index contributed by atoms with van der Waals surface area (Å²) in [6.45, 7) is 8.73. The lowest BCUT2D eigenvalue weighted by atomic mass is 9.87. The first kappa shape index (κ1) is 51.6. The molecule has 53 heavy (non-hydrogen) atoms. The van der Waals surface area contributed by atoms with Crippen LogP contribution in [0.5, 0.6) is 0 Å². The molecular formula is C46H88N2O4S. The highest BCUT2D eigenvalue weighted by atomic mass is 32.2. The van der Waals surface area contributed by atoms with Crippen molar-refractivity contribution in [2.24, 2.45) is 0 Å². The van der Waals surface area contributed by atoms with Gasteiger partial charge in [-0.3, -0.25) is 4.79 Å². The van der Waals surface area contributed by atoms with E-state index in [1.807, 2.05) is 25.1 Å². The van der Waals surface area contributed by atoms with E-state index in [1.54, 1.807) is 6.92 Å². The highest BCUT2D eigenvalue weighted by molar-refractivity contribution is 7.86. The Labute approximate surface area is 330 Å². The lowest BCUT2D eigenvalue weighted by molar-refractivity contribution is -0.121. The molecule has 1 aromatic rings. The van der Waals surface area contributed by atoms with E-state index in [4.69, 9.17) is 0 Å². The smallest absolute Gasteiger partial charge is 0.219 e. The van der Waals surface area contributed by atoms with Crippen LogP contribution in [0, 0.1) is 6.92 Å². The number of aryl methyl sites for hydroxylation is 1. The number of hydrogen-bond donors (Lipinski definition) is 2. The third-order valence-corrected chi connectivity index (χ3v) is 13.1. The quantitative estimate of drug-likeness (QED) is 0.0517. The Morgan fingerprint density at radius 1 is 0.604 bits per heavy atom. The predicted molar refractivity (Wildman–Crippen MR) is 230 cm³/mol. The summed E-state index contributed by atoms with van der Waals surface area (Å²) in [5.74, 6) is 0.123. The molecule has 0 aliphatic carbocycles. The summed E-state index contributed by atoms with van der Waals surface area (Å²) in [6, 6.07) is 5.75. The highest BCUT2D eigenvalue weighted by Crippen LogP contribution is 2.38. The highest BCUT2D eigenvalue weighted by Gasteiger charge is 2.35. The number of carbonyl (C=O) groups excluding carboxylic acids is 1. The number of nitrogens with one attached hydrogen (secondary N) is 1. The molecule has 312 valence electrons. The molecule has 7 heteroatoms. The van der Waals surface area contributed by atoms with Gasteiger partial charge in [-0.25, -0.2) is 8.42 Å². The molecular weight excluding hydrogens is 677 g/mol. The van der Waals surface area contributed by atoms with Crippen LogP contribution in [0.1, 0.15) is 243 Å². The van der Waals surface area contributed by atoms with Gasteiger partial charge >= 0.3 is 0 Å². The fourth-order valence-corrected chi connectivity index (χ4v) is 8.72. The van der Waals surface area contributed by atoms with E-state index in [0.717, 1.165) is 56.1 Å². The lowest BCUT2D eigenvalue weighted by Crippen LogP contribution is -2.33. The van der Waals surface area contributed by atoms with E-state index in [-0.39, 0.29) is 12.1 Å². The molecule has 0 saturated carbocycles. The van der Waals surface area contributed by atoms with Gasteiger partial charge in [0.1, 0.15) is 10.1 Å². The van der Waals surface area contributed by atoms with Crippen LogP contribution in [0.2, 0.25) is 0 Å². The van der Waals surface area contributed by atoms with Crippen LogP contribution in [-0.2, 0) is 26.1 Å². The molecule has 0 fully saturated rings. The zero-order valence-electron chi connectivity index (χ0n) is 35.8. The van der Waals surface area contributed by atoms with Crippen LogP contribution in [0.25, 0.3) is 0 Å². The molecule has 5 N–H and O–H groups in total. The van der Waals surface area contributed by atoms with Gasteiger partial charge in [-0.2, -0.15) is 0 Å². The standard InChI is InChI=1S/C46H85NO4S.H3N/c1-5-7-9-11-13-15-17-19-21-22-24-26-28-30-32-39-45(48)47-41-35-37-43-36-34-38-44(42(43)3)46(4,52(49,50)51)40-33-31-29-27-25-23-20-18-16-14-12-10-8-6-2;/h34,36,38H,5-33,35,37,39-41H2,1-4H3,(H,47,48)(H,49,50,51);1H3. The van der Waals surface area contributed by atoms with Gasteiger partial charge < -0.3 is 16.0 Å². The maximum absolute atomic E-state index is 12.7. The number of carbonyl (C=O) groups is 1. The van der Waals surface area contributed by atoms with Crippen LogP contribution in [-0.4, -0.2) is 25.4 Å². The molecule has 0 radical (unpaired) electrons. The topological polar surface area (TPSA) is 123 Å². The zero-order valence-corrected chi connectivity index (χ0v) is 36.6. The summed E-state index contributed by atoms with van der Waals surface area (Å²) in [5, 5.41) is 3.08. The van der Waals surface area contributed by atoms with E-state index in [0.29, 0.717) is 24.9 Å². The molecule has 0 heterocycles. The average molecular weight is 765 g/mol. The van der Waals surface area contributed by atoms with Crippen LogP contribution in [0.4, 0.5) is 0 Å². The van der Waals surface area contributed by atoms with Gasteiger partial charge in [-0.1, -0.05) is 212 Å². The van der Waals surface area contributed by atoms with Crippen molar-refractivity contribution >= 4 is 16.0 Å². The second-order valence-corrected chi connectivity index (χ2v) is 18.1. The van der Waals surface area contributed by atoms with Crippen molar-refractivity contribution in [1.29, 1.82) is 0 Å². The van der Waals surface area contributed by atoms with Crippen molar-refractivity contribution in [2.45, 2.75) is 244 Å². The lowest BCUT2D eigenvalue weighted by Gasteiger charge is -2.35. The van der Waals surface area contributed by atoms with Gasteiger partial charge in [0.2, 0.25) is 5.91 Å². The van der Waals surface area contributed by atoms with E-state index >= 15 is 0 Å². The Balaban J connectivity index is 0.0000270. The third-order valence-electron chi connectivity index (χ3n) is 11.5. The number of benzene rings is 1. The largest absolute Gasteiger partial charge is 0.747 e. The average Bonchev–Trinajstić information content (AvgIpc) is 3.12. The zero-order chi connectivity index (χ0) is 38.2. The second-order valence-electron chi connectivity index (χ2n) is 16.3. The molecule has 6 nitrogen and oxygen atoms in total. The van der Waals surface area contributed by atoms with Crippen LogP contribution in [0.3, 0.4) is 0 Å². The molecule has 1 rings (SSSR count). The molecule has 0 spiro atoms. The normalized spacial score (nSPS) is 12.8. The third kappa shape index (κ3) is 25.4. The summed E-state index contributed by atoms with van der Waals surface area (Å²) in [7, 11) is -4.54. The Bertz CT molecular complexity index is 1110. The summed E-state index contributed by atoms with van der Waals surface area (Å²) < 4.78 is 36.6. The number of quaternary nitrogens is 1. The summed E-state index contributed by atoms with van der Waals surface area (Å²) in [6.07, 6.45) is 39.6. The van der Waals surface area contributed by atoms with E-state index in [2.05, 4.69) is 19.2 Å². The second kappa shape index (κ2) is 33.9.